The molecular formula is C13H9F2N5O2. The van der Waals surface area contributed by atoms with Crippen LogP contribution in [0.15, 0.2) is 41.5 Å². The number of pyridine rings is 1. The summed E-state index contributed by atoms with van der Waals surface area (Å²) in [7, 11) is 0. The molecule has 3 aromatic heterocycles. The molecule has 3 aromatic rings. The first-order chi connectivity index (χ1) is 10.7. The second-order valence-corrected chi connectivity index (χ2v) is 4.15. The number of ether oxygens (including phenoxy) is 1. The van der Waals surface area contributed by atoms with E-state index in [1.807, 2.05) is 0 Å². The maximum absolute atomic E-state index is 12.4. The average Bonchev–Trinajstić information content (AvgIpc) is 3.05. The molecule has 22 heavy (non-hydrogen) atoms. The van der Waals surface area contributed by atoms with Crippen LogP contribution in [0.25, 0.3) is 11.5 Å². The van der Waals surface area contributed by atoms with E-state index in [0.29, 0.717) is 17.0 Å². The van der Waals surface area contributed by atoms with Gasteiger partial charge in [-0.05, 0) is 12.1 Å². The van der Waals surface area contributed by atoms with Crippen LogP contribution in [0.3, 0.4) is 0 Å². The topological polar surface area (TPSA) is 86.8 Å². The third-order valence-electron chi connectivity index (χ3n) is 2.62. The van der Waals surface area contributed by atoms with Crippen LogP contribution in [0.5, 0.6) is 5.75 Å². The fraction of sp³-hybridized carbons (Fsp3) is 0.154. The molecule has 0 aliphatic carbocycles. The molecule has 0 unspecified atom stereocenters. The standard InChI is InChI=1S/C13H9F2N5O2/c14-11(15)13-20-19-12(22-13)8-1-2-9(18-3-8)6-21-10-4-16-7-17-5-10/h1-5,7,11H,6H2. The zero-order valence-electron chi connectivity index (χ0n) is 11.1. The minimum atomic E-state index is -2.80. The van der Waals surface area contributed by atoms with Gasteiger partial charge in [0.15, 0.2) is 5.75 Å². The molecule has 0 spiro atoms. The lowest BCUT2D eigenvalue weighted by Gasteiger charge is -2.04. The first kappa shape index (κ1) is 14.0. The van der Waals surface area contributed by atoms with Crippen molar-refractivity contribution in [1.82, 2.24) is 25.1 Å². The predicted molar refractivity (Wildman–Crippen MR) is 68.9 cm³/mol. The highest BCUT2D eigenvalue weighted by molar-refractivity contribution is 5.50. The second kappa shape index (κ2) is 6.20. The molecule has 3 heterocycles. The van der Waals surface area contributed by atoms with Crippen LogP contribution in [0, 0.1) is 0 Å². The maximum atomic E-state index is 12.4. The van der Waals surface area contributed by atoms with E-state index < -0.39 is 12.3 Å². The highest BCUT2D eigenvalue weighted by atomic mass is 19.3. The lowest BCUT2D eigenvalue weighted by molar-refractivity contribution is 0.116. The summed E-state index contributed by atoms with van der Waals surface area (Å²) in [5, 5.41) is 6.80. The first-order valence-corrected chi connectivity index (χ1v) is 6.17. The monoisotopic (exact) mass is 305 g/mol. The summed E-state index contributed by atoms with van der Waals surface area (Å²) in [6.45, 7) is 0.222. The number of halogens is 2. The SMILES string of the molecule is FC(F)c1nnc(-c2ccc(COc3cncnc3)nc2)o1. The van der Waals surface area contributed by atoms with E-state index in [1.54, 1.807) is 12.1 Å². The summed E-state index contributed by atoms with van der Waals surface area (Å²) in [6, 6.07) is 3.31. The van der Waals surface area contributed by atoms with Gasteiger partial charge in [-0.25, -0.2) is 9.97 Å². The van der Waals surface area contributed by atoms with Gasteiger partial charge in [0.2, 0.25) is 5.89 Å². The Morgan fingerprint density at radius 2 is 1.91 bits per heavy atom. The van der Waals surface area contributed by atoms with E-state index in [9.17, 15) is 8.78 Å². The van der Waals surface area contributed by atoms with E-state index in [1.165, 1.54) is 24.9 Å². The van der Waals surface area contributed by atoms with Gasteiger partial charge >= 0.3 is 6.43 Å². The van der Waals surface area contributed by atoms with Gasteiger partial charge in [-0.3, -0.25) is 4.98 Å². The Morgan fingerprint density at radius 3 is 2.55 bits per heavy atom. The molecule has 0 aromatic carbocycles. The number of hydrogen-bond donors (Lipinski definition) is 0. The largest absolute Gasteiger partial charge is 0.484 e. The number of hydrogen-bond acceptors (Lipinski definition) is 7. The summed E-state index contributed by atoms with van der Waals surface area (Å²) in [5.74, 6) is -0.204. The van der Waals surface area contributed by atoms with E-state index >= 15 is 0 Å². The van der Waals surface area contributed by atoms with Crippen LogP contribution in [0.1, 0.15) is 18.0 Å². The summed E-state index contributed by atoms with van der Waals surface area (Å²) >= 11 is 0. The summed E-state index contributed by atoms with van der Waals surface area (Å²) < 4.78 is 35.0. The Bertz CT molecular complexity index is 734. The number of nitrogens with zero attached hydrogens (tertiary/aromatic N) is 5. The molecule has 112 valence electrons. The number of rotatable bonds is 5. The third-order valence-corrected chi connectivity index (χ3v) is 2.62. The molecule has 0 saturated carbocycles. The average molecular weight is 305 g/mol. The van der Waals surface area contributed by atoms with Gasteiger partial charge in [0, 0.05) is 6.20 Å². The Kier molecular flexibility index (Phi) is 3.95. The maximum Gasteiger partial charge on any atom is 0.314 e. The van der Waals surface area contributed by atoms with Crippen molar-refractivity contribution in [2.75, 3.05) is 0 Å². The van der Waals surface area contributed by atoms with Crippen molar-refractivity contribution < 1.29 is 17.9 Å². The van der Waals surface area contributed by atoms with Crippen molar-refractivity contribution in [3.05, 3.63) is 48.6 Å². The molecule has 0 N–H and O–H groups in total. The van der Waals surface area contributed by atoms with Crippen molar-refractivity contribution in [2.45, 2.75) is 13.0 Å². The van der Waals surface area contributed by atoms with Crippen LogP contribution in [0.4, 0.5) is 8.78 Å². The van der Waals surface area contributed by atoms with Gasteiger partial charge in [0.1, 0.15) is 12.9 Å². The smallest absolute Gasteiger partial charge is 0.314 e. The summed E-state index contributed by atoms with van der Waals surface area (Å²) in [6.07, 6.45) is 3.12. The van der Waals surface area contributed by atoms with E-state index in [0.717, 1.165) is 0 Å². The molecule has 0 aliphatic heterocycles. The van der Waals surface area contributed by atoms with Crippen LogP contribution < -0.4 is 4.74 Å². The van der Waals surface area contributed by atoms with Crippen LogP contribution >= 0.6 is 0 Å². The summed E-state index contributed by atoms with van der Waals surface area (Å²) in [5.41, 5.74) is 1.09. The molecule has 0 atom stereocenters. The molecule has 0 aliphatic rings. The molecule has 0 amide bonds. The Hall–Kier alpha value is -2.97. The number of aromatic nitrogens is 5. The third kappa shape index (κ3) is 3.19. The van der Waals surface area contributed by atoms with Crippen LogP contribution in [0.2, 0.25) is 0 Å². The molecular weight excluding hydrogens is 296 g/mol. The van der Waals surface area contributed by atoms with Crippen LogP contribution in [-0.4, -0.2) is 25.1 Å². The normalized spacial score (nSPS) is 10.9. The lowest BCUT2D eigenvalue weighted by atomic mass is 10.2. The van der Waals surface area contributed by atoms with E-state index in [2.05, 4.69) is 25.1 Å². The van der Waals surface area contributed by atoms with Gasteiger partial charge in [0.05, 0.1) is 23.7 Å². The van der Waals surface area contributed by atoms with Gasteiger partial charge < -0.3 is 9.15 Å². The highest BCUT2D eigenvalue weighted by Gasteiger charge is 2.17. The molecule has 0 saturated heterocycles. The van der Waals surface area contributed by atoms with Gasteiger partial charge in [0.25, 0.3) is 5.89 Å². The minimum Gasteiger partial charge on any atom is -0.484 e. The van der Waals surface area contributed by atoms with E-state index in [4.69, 9.17) is 9.15 Å². The lowest BCUT2D eigenvalue weighted by Crippen LogP contribution is -1.98. The zero-order valence-corrected chi connectivity index (χ0v) is 11.1. The quantitative estimate of drug-likeness (QED) is 0.715. The van der Waals surface area contributed by atoms with Crippen molar-refractivity contribution in [3.63, 3.8) is 0 Å². The zero-order chi connectivity index (χ0) is 15.4. The van der Waals surface area contributed by atoms with Gasteiger partial charge in [-0.2, -0.15) is 8.78 Å². The predicted octanol–water partition coefficient (Wildman–Crippen LogP) is 2.44. The highest BCUT2D eigenvalue weighted by Crippen LogP contribution is 2.22. The molecule has 0 fully saturated rings. The molecule has 0 bridgehead atoms. The van der Waals surface area contributed by atoms with E-state index in [-0.39, 0.29) is 12.5 Å². The molecule has 9 heteroatoms. The molecule has 0 radical (unpaired) electrons. The Labute approximate surface area is 123 Å². The molecule has 7 nitrogen and oxygen atoms in total. The van der Waals surface area contributed by atoms with Crippen molar-refractivity contribution >= 4 is 0 Å². The Morgan fingerprint density at radius 1 is 1.09 bits per heavy atom. The molecule has 3 rings (SSSR count). The van der Waals surface area contributed by atoms with Gasteiger partial charge in [-0.15, -0.1) is 10.2 Å². The fourth-order valence-corrected chi connectivity index (χ4v) is 1.59. The van der Waals surface area contributed by atoms with Crippen molar-refractivity contribution in [2.24, 2.45) is 0 Å². The first-order valence-electron chi connectivity index (χ1n) is 6.17. The minimum absolute atomic E-state index is 0.00766. The fourth-order valence-electron chi connectivity index (χ4n) is 1.59. The van der Waals surface area contributed by atoms with Gasteiger partial charge in [-0.1, -0.05) is 0 Å². The summed E-state index contributed by atoms with van der Waals surface area (Å²) in [4.78, 5) is 11.8. The van der Waals surface area contributed by atoms with Crippen LogP contribution in [-0.2, 0) is 6.61 Å². The second-order valence-electron chi connectivity index (χ2n) is 4.15. The number of alkyl halides is 2. The van der Waals surface area contributed by atoms with Crippen molar-refractivity contribution in [1.29, 1.82) is 0 Å². The Balaban J connectivity index is 1.67. The van der Waals surface area contributed by atoms with Crippen molar-refractivity contribution in [3.8, 4) is 17.2 Å².